The minimum absolute atomic E-state index is 0.00396. The maximum atomic E-state index is 12.5. The van der Waals surface area contributed by atoms with Crippen LogP contribution in [0.1, 0.15) is 31.2 Å². The normalized spacial score (nSPS) is 22.5. The molecule has 0 spiro atoms. The molecule has 1 saturated heterocycles. The first-order valence-corrected chi connectivity index (χ1v) is 8.08. The molecule has 1 aliphatic rings. The van der Waals surface area contributed by atoms with Crippen LogP contribution < -0.4 is 10.2 Å². The zero-order valence-electron chi connectivity index (χ0n) is 14.6. The molecular formula is C16H27N4O3+. The summed E-state index contributed by atoms with van der Waals surface area (Å²) in [4.78, 5) is 25.3. The summed E-state index contributed by atoms with van der Waals surface area (Å²) in [7, 11) is 3.29. The summed E-state index contributed by atoms with van der Waals surface area (Å²) in [5, 5.41) is 7.32. The Morgan fingerprint density at radius 1 is 1.35 bits per heavy atom. The molecule has 7 nitrogen and oxygen atoms in total. The van der Waals surface area contributed by atoms with E-state index in [2.05, 4.69) is 10.4 Å². The molecule has 0 saturated carbocycles. The number of esters is 1. The minimum Gasteiger partial charge on any atom is -0.469 e. The SMILES string of the molecule is COC(=O)C1CC[NH+]([C@@H](C)C(=O)Nc2c(C)nn(C)c2C)CC1. The third-order valence-corrected chi connectivity index (χ3v) is 4.93. The number of nitrogens with zero attached hydrogens (tertiary/aromatic N) is 2. The number of ether oxygens (including phenoxy) is 1. The Labute approximate surface area is 137 Å². The van der Waals surface area contributed by atoms with E-state index in [4.69, 9.17) is 4.74 Å². The number of rotatable bonds is 4. The van der Waals surface area contributed by atoms with E-state index in [1.807, 2.05) is 27.8 Å². The van der Waals surface area contributed by atoms with Gasteiger partial charge in [-0.1, -0.05) is 0 Å². The van der Waals surface area contributed by atoms with Crippen molar-refractivity contribution in [1.82, 2.24) is 9.78 Å². The molecule has 1 atom stereocenters. The zero-order valence-corrected chi connectivity index (χ0v) is 14.6. The van der Waals surface area contributed by atoms with Crippen LogP contribution in [0.15, 0.2) is 0 Å². The molecule has 1 amide bonds. The van der Waals surface area contributed by atoms with E-state index in [1.165, 1.54) is 12.0 Å². The topological polar surface area (TPSA) is 77.7 Å². The van der Waals surface area contributed by atoms with Crippen molar-refractivity contribution < 1.29 is 19.2 Å². The lowest BCUT2D eigenvalue weighted by atomic mass is 9.96. The van der Waals surface area contributed by atoms with Crippen molar-refractivity contribution in [2.75, 3.05) is 25.5 Å². The molecule has 1 aromatic rings. The van der Waals surface area contributed by atoms with E-state index in [1.54, 1.807) is 4.68 Å². The van der Waals surface area contributed by atoms with Crippen molar-refractivity contribution in [3.05, 3.63) is 11.4 Å². The summed E-state index contributed by atoms with van der Waals surface area (Å²) in [6, 6.07) is -0.160. The Hall–Kier alpha value is -1.89. The molecule has 0 aromatic carbocycles. The highest BCUT2D eigenvalue weighted by molar-refractivity contribution is 5.94. The number of amides is 1. The second-order valence-corrected chi connectivity index (χ2v) is 6.34. The number of methoxy groups -OCH3 is 1. The van der Waals surface area contributed by atoms with Gasteiger partial charge in [0.25, 0.3) is 5.91 Å². The van der Waals surface area contributed by atoms with Crippen LogP contribution >= 0.6 is 0 Å². The largest absolute Gasteiger partial charge is 0.469 e. The van der Waals surface area contributed by atoms with Crippen molar-refractivity contribution in [2.24, 2.45) is 13.0 Å². The monoisotopic (exact) mass is 323 g/mol. The Bertz CT molecular complexity index is 588. The molecule has 2 N–H and O–H groups in total. The van der Waals surface area contributed by atoms with Gasteiger partial charge in [0.1, 0.15) is 0 Å². The van der Waals surface area contributed by atoms with E-state index < -0.39 is 0 Å². The Morgan fingerprint density at radius 2 is 1.96 bits per heavy atom. The molecule has 1 fully saturated rings. The number of aryl methyl sites for hydroxylation is 2. The summed E-state index contributed by atoms with van der Waals surface area (Å²) in [6.45, 7) is 7.37. The van der Waals surface area contributed by atoms with E-state index in [9.17, 15) is 9.59 Å². The number of quaternary nitrogens is 1. The Kier molecular flexibility index (Phi) is 5.41. The lowest BCUT2D eigenvalue weighted by Crippen LogP contribution is -3.17. The quantitative estimate of drug-likeness (QED) is 0.755. The highest BCUT2D eigenvalue weighted by atomic mass is 16.5. The van der Waals surface area contributed by atoms with Crippen molar-refractivity contribution in [3.63, 3.8) is 0 Å². The molecule has 1 aliphatic heterocycles. The maximum Gasteiger partial charge on any atom is 0.309 e. The molecular weight excluding hydrogens is 296 g/mol. The number of likely N-dealkylation sites (tertiary alicyclic amines) is 1. The zero-order chi connectivity index (χ0) is 17.1. The first kappa shape index (κ1) is 17.5. The molecule has 2 heterocycles. The minimum atomic E-state index is -0.160. The number of carbonyl (C=O) groups excluding carboxylic acids is 2. The predicted octanol–water partition coefficient (Wildman–Crippen LogP) is -0.168. The molecule has 0 radical (unpaired) electrons. The molecule has 2 rings (SSSR count). The van der Waals surface area contributed by atoms with E-state index in [0.29, 0.717) is 0 Å². The Morgan fingerprint density at radius 3 is 2.43 bits per heavy atom. The third kappa shape index (κ3) is 3.72. The van der Waals surface area contributed by atoms with Gasteiger partial charge in [0.15, 0.2) is 6.04 Å². The van der Waals surface area contributed by atoms with Gasteiger partial charge in [0.05, 0.1) is 43.2 Å². The molecule has 23 heavy (non-hydrogen) atoms. The fourth-order valence-corrected chi connectivity index (χ4v) is 3.20. The second-order valence-electron chi connectivity index (χ2n) is 6.34. The smallest absolute Gasteiger partial charge is 0.309 e. The number of anilines is 1. The fraction of sp³-hybridized carbons (Fsp3) is 0.688. The number of nitrogens with one attached hydrogen (secondary N) is 2. The van der Waals surface area contributed by atoms with Crippen molar-refractivity contribution in [2.45, 2.75) is 39.7 Å². The van der Waals surface area contributed by atoms with Crippen LogP contribution in [0.5, 0.6) is 0 Å². The van der Waals surface area contributed by atoms with Crippen LogP contribution in [0.4, 0.5) is 5.69 Å². The average Bonchev–Trinajstić information content (AvgIpc) is 2.79. The highest BCUT2D eigenvalue weighted by Crippen LogP contribution is 2.18. The third-order valence-electron chi connectivity index (χ3n) is 4.93. The predicted molar refractivity (Wildman–Crippen MR) is 86.2 cm³/mol. The van der Waals surface area contributed by atoms with Gasteiger partial charge in [-0.25, -0.2) is 0 Å². The first-order chi connectivity index (χ1) is 10.8. The molecule has 0 bridgehead atoms. The number of carbonyl (C=O) groups is 2. The lowest BCUT2D eigenvalue weighted by molar-refractivity contribution is -0.919. The number of aromatic nitrogens is 2. The summed E-state index contributed by atoms with van der Waals surface area (Å²) in [5.41, 5.74) is 2.57. The van der Waals surface area contributed by atoms with Gasteiger partial charge in [0.2, 0.25) is 0 Å². The van der Waals surface area contributed by atoms with Crippen molar-refractivity contribution in [3.8, 4) is 0 Å². The molecule has 128 valence electrons. The second kappa shape index (κ2) is 7.12. The van der Waals surface area contributed by atoms with E-state index in [0.717, 1.165) is 43.0 Å². The van der Waals surface area contributed by atoms with Gasteiger partial charge in [-0.3, -0.25) is 14.3 Å². The number of hydrogen-bond acceptors (Lipinski definition) is 4. The standard InChI is InChI=1S/C16H26N4O3/c1-10-14(11(2)19(4)18-10)17-15(21)12(3)20-8-6-13(7-9-20)16(22)23-5/h12-13H,6-9H2,1-5H3,(H,17,21)/p+1/t12-/m0/s1. The fourth-order valence-electron chi connectivity index (χ4n) is 3.20. The summed E-state index contributed by atoms with van der Waals surface area (Å²) < 4.78 is 6.57. The summed E-state index contributed by atoms with van der Waals surface area (Å²) >= 11 is 0. The first-order valence-electron chi connectivity index (χ1n) is 8.08. The van der Waals surface area contributed by atoms with Crippen LogP contribution in [0.2, 0.25) is 0 Å². The van der Waals surface area contributed by atoms with Gasteiger partial charge in [0, 0.05) is 19.9 Å². The molecule has 7 heteroatoms. The lowest BCUT2D eigenvalue weighted by Gasteiger charge is -2.31. The maximum absolute atomic E-state index is 12.5. The summed E-state index contributed by atoms with van der Waals surface area (Å²) in [6.07, 6.45) is 1.54. The molecule has 0 unspecified atom stereocenters. The van der Waals surface area contributed by atoms with Gasteiger partial charge in [-0.15, -0.1) is 0 Å². The van der Waals surface area contributed by atoms with Gasteiger partial charge < -0.3 is 15.0 Å². The number of piperidine rings is 1. The summed E-state index contributed by atoms with van der Waals surface area (Å²) in [5.74, 6) is -0.166. The van der Waals surface area contributed by atoms with Crippen LogP contribution in [0.25, 0.3) is 0 Å². The molecule has 1 aromatic heterocycles. The van der Waals surface area contributed by atoms with E-state index >= 15 is 0 Å². The van der Waals surface area contributed by atoms with Crippen LogP contribution in [0, 0.1) is 19.8 Å². The van der Waals surface area contributed by atoms with Crippen molar-refractivity contribution in [1.29, 1.82) is 0 Å². The van der Waals surface area contributed by atoms with Gasteiger partial charge in [-0.05, 0) is 20.8 Å². The Balaban J connectivity index is 1.94. The molecule has 0 aliphatic carbocycles. The van der Waals surface area contributed by atoms with Crippen LogP contribution in [0.3, 0.4) is 0 Å². The average molecular weight is 323 g/mol. The van der Waals surface area contributed by atoms with Crippen molar-refractivity contribution >= 4 is 17.6 Å². The number of hydrogen-bond donors (Lipinski definition) is 2. The van der Waals surface area contributed by atoms with Gasteiger partial charge in [-0.2, -0.15) is 5.10 Å². The van der Waals surface area contributed by atoms with Crippen LogP contribution in [-0.4, -0.2) is 47.9 Å². The van der Waals surface area contributed by atoms with Crippen LogP contribution in [-0.2, 0) is 21.4 Å². The van der Waals surface area contributed by atoms with Gasteiger partial charge >= 0.3 is 5.97 Å². The van der Waals surface area contributed by atoms with E-state index in [-0.39, 0.29) is 23.8 Å². The highest BCUT2D eigenvalue weighted by Gasteiger charge is 2.33.